The Labute approximate surface area is 113 Å². The van der Waals surface area contributed by atoms with Gasteiger partial charge in [0.1, 0.15) is 10.6 Å². The smallest absolute Gasteiger partial charge is 0.340 e. The molecular formula is C12H14N2O2S2. The molecule has 0 saturated carbocycles. The van der Waals surface area contributed by atoms with Gasteiger partial charge in [-0.1, -0.05) is 6.92 Å². The molecule has 2 heterocycles. The van der Waals surface area contributed by atoms with Crippen molar-refractivity contribution in [3.63, 3.8) is 0 Å². The molecule has 0 atom stereocenters. The van der Waals surface area contributed by atoms with E-state index in [0.717, 1.165) is 6.42 Å². The van der Waals surface area contributed by atoms with Crippen LogP contribution < -0.4 is 5.32 Å². The zero-order valence-electron chi connectivity index (χ0n) is 10.2. The number of aromatic nitrogens is 1. The average Bonchev–Trinajstić information content (AvgIpc) is 2.92. The zero-order chi connectivity index (χ0) is 13.1. The highest BCUT2D eigenvalue weighted by Crippen LogP contribution is 2.26. The van der Waals surface area contributed by atoms with Gasteiger partial charge in [-0.15, -0.1) is 11.3 Å². The molecule has 0 unspecified atom stereocenters. The van der Waals surface area contributed by atoms with Crippen LogP contribution >= 0.6 is 22.9 Å². The van der Waals surface area contributed by atoms with Gasteiger partial charge in [0.05, 0.1) is 12.2 Å². The van der Waals surface area contributed by atoms with Crippen LogP contribution in [0.2, 0.25) is 0 Å². The topological polar surface area (TPSA) is 62.2 Å². The third kappa shape index (κ3) is 2.54. The molecule has 2 rings (SSSR count). The van der Waals surface area contributed by atoms with E-state index in [4.69, 9.17) is 5.11 Å². The summed E-state index contributed by atoms with van der Waals surface area (Å²) in [5, 5.41) is 15.0. The lowest BCUT2D eigenvalue weighted by Gasteiger charge is -2.05. The summed E-state index contributed by atoms with van der Waals surface area (Å²) < 4.78 is 4.08. The Kier molecular flexibility index (Phi) is 3.98. The number of hydrogen-bond acceptors (Lipinski definition) is 5. The van der Waals surface area contributed by atoms with Crippen molar-refractivity contribution in [1.29, 1.82) is 0 Å². The van der Waals surface area contributed by atoms with Crippen molar-refractivity contribution in [2.75, 3.05) is 5.32 Å². The van der Waals surface area contributed by atoms with Gasteiger partial charge in [-0.3, -0.25) is 0 Å². The Hall–Kier alpha value is -1.40. The molecule has 0 fully saturated rings. The van der Waals surface area contributed by atoms with Crippen LogP contribution in [0, 0.1) is 6.92 Å². The third-order valence-corrected chi connectivity index (χ3v) is 4.56. The van der Waals surface area contributed by atoms with E-state index in [-0.39, 0.29) is 5.56 Å². The Morgan fingerprint density at radius 3 is 3.00 bits per heavy atom. The summed E-state index contributed by atoms with van der Waals surface area (Å²) in [5.41, 5.74) is 2.16. The van der Waals surface area contributed by atoms with E-state index in [1.807, 2.05) is 0 Å². The van der Waals surface area contributed by atoms with Crippen LogP contribution in [0.15, 0.2) is 11.4 Å². The van der Waals surface area contributed by atoms with E-state index in [9.17, 15) is 4.79 Å². The molecule has 0 spiro atoms. The fourth-order valence-electron chi connectivity index (χ4n) is 1.74. The fraction of sp³-hybridized carbons (Fsp3) is 0.333. The number of rotatable bonds is 5. The highest BCUT2D eigenvalue weighted by atomic mass is 32.1. The molecule has 0 aliphatic heterocycles. The largest absolute Gasteiger partial charge is 0.478 e. The molecular weight excluding hydrogens is 268 g/mol. The molecule has 6 heteroatoms. The van der Waals surface area contributed by atoms with Gasteiger partial charge in [0.15, 0.2) is 0 Å². The van der Waals surface area contributed by atoms with Crippen LogP contribution in [0.1, 0.15) is 33.4 Å². The molecule has 0 aliphatic rings. The highest BCUT2D eigenvalue weighted by Gasteiger charge is 2.17. The average molecular weight is 282 g/mol. The van der Waals surface area contributed by atoms with Crippen molar-refractivity contribution in [1.82, 2.24) is 4.37 Å². The summed E-state index contributed by atoms with van der Waals surface area (Å²) in [6.45, 7) is 4.49. The summed E-state index contributed by atoms with van der Waals surface area (Å²) in [6.07, 6.45) is 0.994. The SMILES string of the molecule is CCc1ccsc1CNc1snc(C)c1C(=O)O. The van der Waals surface area contributed by atoms with Crippen LogP contribution in [-0.4, -0.2) is 15.4 Å². The second-order valence-electron chi connectivity index (χ2n) is 3.85. The van der Waals surface area contributed by atoms with Gasteiger partial charge in [0.2, 0.25) is 0 Å². The van der Waals surface area contributed by atoms with Gasteiger partial charge in [0, 0.05) is 4.88 Å². The number of nitrogens with one attached hydrogen (secondary N) is 1. The summed E-state index contributed by atoms with van der Waals surface area (Å²) in [7, 11) is 0. The highest BCUT2D eigenvalue weighted by molar-refractivity contribution is 7.11. The lowest BCUT2D eigenvalue weighted by atomic mass is 10.2. The molecule has 0 bridgehead atoms. The quantitative estimate of drug-likeness (QED) is 0.882. The molecule has 96 valence electrons. The third-order valence-electron chi connectivity index (χ3n) is 2.70. The van der Waals surface area contributed by atoms with Gasteiger partial charge in [-0.2, -0.15) is 4.37 Å². The second kappa shape index (κ2) is 5.49. The maximum absolute atomic E-state index is 11.1. The van der Waals surface area contributed by atoms with Gasteiger partial charge >= 0.3 is 5.97 Å². The van der Waals surface area contributed by atoms with E-state index in [1.165, 1.54) is 22.0 Å². The minimum absolute atomic E-state index is 0.287. The van der Waals surface area contributed by atoms with Crippen LogP contribution in [0.5, 0.6) is 0 Å². The molecule has 2 N–H and O–H groups in total. The number of aromatic carboxylic acids is 1. The maximum Gasteiger partial charge on any atom is 0.340 e. The van der Waals surface area contributed by atoms with E-state index in [1.54, 1.807) is 18.3 Å². The van der Waals surface area contributed by atoms with E-state index in [2.05, 4.69) is 28.1 Å². The number of hydrogen-bond donors (Lipinski definition) is 2. The lowest BCUT2D eigenvalue weighted by Crippen LogP contribution is -2.04. The van der Waals surface area contributed by atoms with Gasteiger partial charge in [0.25, 0.3) is 0 Å². The van der Waals surface area contributed by atoms with Gasteiger partial charge in [-0.25, -0.2) is 4.79 Å². The Morgan fingerprint density at radius 2 is 2.33 bits per heavy atom. The number of nitrogens with zero attached hydrogens (tertiary/aromatic N) is 1. The first-order valence-electron chi connectivity index (χ1n) is 5.62. The number of carbonyl (C=O) groups is 1. The van der Waals surface area contributed by atoms with Crippen LogP contribution in [0.4, 0.5) is 5.00 Å². The molecule has 0 radical (unpaired) electrons. The number of anilines is 1. The van der Waals surface area contributed by atoms with Crippen LogP contribution in [0.3, 0.4) is 0 Å². The fourth-order valence-corrected chi connectivity index (χ4v) is 3.44. The zero-order valence-corrected chi connectivity index (χ0v) is 11.8. The standard InChI is InChI=1S/C12H14N2O2S2/c1-3-8-4-5-17-9(8)6-13-11-10(12(15)16)7(2)14-18-11/h4-5,13H,3,6H2,1-2H3,(H,15,16). The first-order valence-corrected chi connectivity index (χ1v) is 7.27. The predicted octanol–water partition coefficient (Wildman–Crippen LogP) is 3.39. The molecule has 0 aromatic carbocycles. The van der Waals surface area contributed by atoms with E-state index in [0.29, 0.717) is 17.2 Å². The number of aryl methyl sites for hydroxylation is 2. The summed E-state index contributed by atoms with van der Waals surface area (Å²) in [5.74, 6) is -0.925. The summed E-state index contributed by atoms with van der Waals surface area (Å²) in [6, 6.07) is 2.11. The van der Waals surface area contributed by atoms with E-state index < -0.39 is 5.97 Å². The number of carboxylic acids is 1. The number of carboxylic acid groups (broad SMARTS) is 1. The summed E-state index contributed by atoms with van der Waals surface area (Å²) >= 11 is 2.89. The van der Waals surface area contributed by atoms with Gasteiger partial charge < -0.3 is 10.4 Å². The first kappa shape index (κ1) is 13.0. The summed E-state index contributed by atoms with van der Waals surface area (Å²) in [4.78, 5) is 12.4. The molecule has 0 saturated heterocycles. The molecule has 0 aliphatic carbocycles. The van der Waals surface area contributed by atoms with Crippen molar-refractivity contribution in [2.24, 2.45) is 0 Å². The Morgan fingerprint density at radius 1 is 1.56 bits per heavy atom. The van der Waals surface area contributed by atoms with Crippen molar-refractivity contribution in [3.05, 3.63) is 33.1 Å². The molecule has 2 aromatic heterocycles. The van der Waals surface area contributed by atoms with Gasteiger partial charge in [-0.05, 0) is 41.9 Å². The maximum atomic E-state index is 11.1. The van der Waals surface area contributed by atoms with Crippen molar-refractivity contribution in [2.45, 2.75) is 26.8 Å². The second-order valence-corrected chi connectivity index (χ2v) is 5.63. The Bertz CT molecular complexity index is 560. The molecule has 4 nitrogen and oxygen atoms in total. The van der Waals surface area contributed by atoms with Crippen LogP contribution in [-0.2, 0) is 13.0 Å². The lowest BCUT2D eigenvalue weighted by molar-refractivity contribution is 0.0697. The van der Waals surface area contributed by atoms with Crippen molar-refractivity contribution in [3.8, 4) is 0 Å². The minimum atomic E-state index is -0.925. The number of thiophene rings is 1. The predicted molar refractivity (Wildman–Crippen MR) is 74.8 cm³/mol. The molecule has 18 heavy (non-hydrogen) atoms. The van der Waals surface area contributed by atoms with Crippen molar-refractivity contribution >= 4 is 33.8 Å². The molecule has 2 aromatic rings. The Balaban J connectivity index is 2.14. The molecule has 0 amide bonds. The van der Waals surface area contributed by atoms with Crippen LogP contribution in [0.25, 0.3) is 0 Å². The first-order chi connectivity index (χ1) is 8.63. The minimum Gasteiger partial charge on any atom is -0.478 e. The van der Waals surface area contributed by atoms with Crippen molar-refractivity contribution < 1.29 is 9.90 Å². The van der Waals surface area contributed by atoms with E-state index >= 15 is 0 Å². The normalized spacial score (nSPS) is 10.6. The monoisotopic (exact) mass is 282 g/mol.